The predicted molar refractivity (Wildman–Crippen MR) is 239 cm³/mol. The van der Waals surface area contributed by atoms with Crippen molar-refractivity contribution in [2.75, 3.05) is 0 Å². The molecule has 2 nitrogen and oxygen atoms in total. The molecule has 1 aliphatic heterocycles. The molecule has 308 valence electrons. The Morgan fingerprint density at radius 2 is 0.704 bits per heavy atom. The first-order valence-corrected chi connectivity index (χ1v) is 22.2. The van der Waals surface area contributed by atoms with Gasteiger partial charge in [-0.1, -0.05) is 132 Å². The topological polar surface area (TPSA) is 25.3 Å². The van der Waals surface area contributed by atoms with Crippen LogP contribution in [0.15, 0.2) is 35.4 Å². The zero-order valence-electron chi connectivity index (χ0n) is 37.2. The Hall–Kier alpha value is -1.99. The van der Waals surface area contributed by atoms with Gasteiger partial charge in [0.2, 0.25) is 11.4 Å². The second-order valence-corrected chi connectivity index (χ2v) is 15.7. The third-order valence-corrected chi connectivity index (χ3v) is 11.3. The molecule has 2 aromatic rings. The van der Waals surface area contributed by atoms with E-state index in [2.05, 4.69) is 79.7 Å². The van der Waals surface area contributed by atoms with E-state index in [4.69, 9.17) is 0 Å². The fraction of sp³-hybridized carbons (Fsp3) is 0.647. The number of nitrogens with zero attached hydrogens (tertiary/aromatic N) is 2. The SMILES string of the molecule is CCCCCCCCC1=C(c2cc(CCCC)c(CCCC)c(CCCC)c2)[N+](=[N-])C(c2cc(CCC)c(CCC)c(CCC)c2)=C1CCCC.[CH3-].[CH3-].[Ni+2]. The Balaban J connectivity index is 0.00000936. The van der Waals surface area contributed by atoms with Gasteiger partial charge in [-0.2, -0.15) is 0 Å². The van der Waals surface area contributed by atoms with E-state index >= 15 is 0 Å². The maximum absolute atomic E-state index is 12.7. The van der Waals surface area contributed by atoms with Crippen molar-refractivity contribution >= 4 is 11.4 Å². The van der Waals surface area contributed by atoms with E-state index < -0.39 is 0 Å². The average molecular weight is 784 g/mol. The molecule has 0 N–H and O–H groups in total. The summed E-state index contributed by atoms with van der Waals surface area (Å²) in [5.74, 6) is 0. The summed E-state index contributed by atoms with van der Waals surface area (Å²) in [7, 11) is 0. The minimum Gasteiger partial charge on any atom is -0.493 e. The molecule has 1 heterocycles. The Morgan fingerprint density at radius 3 is 1.13 bits per heavy atom. The van der Waals surface area contributed by atoms with Gasteiger partial charge in [0.25, 0.3) is 0 Å². The molecule has 1 aliphatic rings. The van der Waals surface area contributed by atoms with Crippen LogP contribution in [0.25, 0.3) is 16.9 Å². The molecule has 0 saturated carbocycles. The monoisotopic (exact) mass is 783 g/mol. The van der Waals surface area contributed by atoms with Crippen LogP contribution in [0.1, 0.15) is 222 Å². The molecule has 2 aromatic carbocycles. The van der Waals surface area contributed by atoms with Crippen molar-refractivity contribution in [2.24, 2.45) is 0 Å². The number of rotatable bonds is 27. The molecule has 54 heavy (non-hydrogen) atoms. The van der Waals surface area contributed by atoms with Gasteiger partial charge >= 0.3 is 16.5 Å². The van der Waals surface area contributed by atoms with Gasteiger partial charge in [0.1, 0.15) is 0 Å². The molecule has 0 fully saturated rings. The fourth-order valence-electron chi connectivity index (χ4n) is 8.50. The Morgan fingerprint density at radius 1 is 0.370 bits per heavy atom. The quantitative estimate of drug-likeness (QED) is 0.0373. The van der Waals surface area contributed by atoms with Gasteiger partial charge in [-0.15, -0.1) is 0 Å². The van der Waals surface area contributed by atoms with Crippen molar-refractivity contribution < 1.29 is 21.2 Å². The van der Waals surface area contributed by atoms with Gasteiger partial charge in [0.15, 0.2) is 0 Å². The summed E-state index contributed by atoms with van der Waals surface area (Å²) >= 11 is 0. The van der Waals surface area contributed by atoms with E-state index in [9.17, 15) is 5.53 Å². The van der Waals surface area contributed by atoms with Crippen LogP contribution in [-0.4, -0.2) is 4.70 Å². The Bertz CT molecular complexity index is 1370. The third kappa shape index (κ3) is 14.5. The summed E-state index contributed by atoms with van der Waals surface area (Å²) in [6.45, 7) is 18.5. The fourth-order valence-corrected chi connectivity index (χ4v) is 8.50. The van der Waals surface area contributed by atoms with E-state index in [-0.39, 0.29) is 31.3 Å². The van der Waals surface area contributed by atoms with Crippen LogP contribution >= 0.6 is 0 Å². The van der Waals surface area contributed by atoms with E-state index in [1.165, 1.54) is 134 Å². The third-order valence-electron chi connectivity index (χ3n) is 11.3. The van der Waals surface area contributed by atoms with E-state index in [0.717, 1.165) is 82.0 Å². The number of hydrogen-bond donors (Lipinski definition) is 0. The molecule has 3 rings (SSSR count). The van der Waals surface area contributed by atoms with Gasteiger partial charge in [0, 0.05) is 22.3 Å². The van der Waals surface area contributed by atoms with Crippen LogP contribution in [0.5, 0.6) is 0 Å². The van der Waals surface area contributed by atoms with E-state index in [1.807, 2.05) is 0 Å². The zero-order chi connectivity index (χ0) is 37.0. The van der Waals surface area contributed by atoms with E-state index in [1.54, 1.807) is 15.8 Å². The van der Waals surface area contributed by atoms with Crippen molar-refractivity contribution in [3.8, 4) is 0 Å². The molecule has 0 saturated heterocycles. The first-order chi connectivity index (χ1) is 24.9. The molecule has 0 radical (unpaired) electrons. The van der Waals surface area contributed by atoms with Crippen LogP contribution in [0.3, 0.4) is 0 Å². The first kappa shape index (κ1) is 52.0. The van der Waals surface area contributed by atoms with Crippen molar-refractivity contribution in [3.05, 3.63) is 100 Å². The van der Waals surface area contributed by atoms with Crippen LogP contribution in [0, 0.1) is 14.9 Å². The summed E-state index contributed by atoms with van der Waals surface area (Å²) in [5, 5.41) is 0. The predicted octanol–water partition coefficient (Wildman–Crippen LogP) is 16.6. The summed E-state index contributed by atoms with van der Waals surface area (Å²) in [6, 6.07) is 10.0. The second kappa shape index (κ2) is 29.3. The normalized spacial score (nSPS) is 12.6. The number of hydrogen-bond acceptors (Lipinski definition) is 0. The molecule has 0 unspecified atom stereocenters. The number of allylic oxidation sites excluding steroid dienone is 2. The minimum absolute atomic E-state index is 0. The van der Waals surface area contributed by atoms with Gasteiger partial charge in [-0.3, -0.25) is 0 Å². The number of unbranched alkanes of at least 4 members (excludes halogenated alkanes) is 9. The summed E-state index contributed by atoms with van der Waals surface area (Å²) in [5.41, 5.74) is 29.5. The summed E-state index contributed by atoms with van der Waals surface area (Å²) < 4.78 is 1.70. The number of aryl methyl sites for hydroxylation is 4. The first-order valence-electron chi connectivity index (χ1n) is 22.2. The second-order valence-electron chi connectivity index (χ2n) is 15.7. The van der Waals surface area contributed by atoms with Crippen LogP contribution in [0.4, 0.5) is 0 Å². The molecule has 0 spiro atoms. The van der Waals surface area contributed by atoms with Crippen molar-refractivity contribution in [1.82, 2.24) is 0 Å². The van der Waals surface area contributed by atoms with Gasteiger partial charge in [0.05, 0.1) is 0 Å². The van der Waals surface area contributed by atoms with Gasteiger partial charge < -0.3 is 20.4 Å². The van der Waals surface area contributed by atoms with Crippen molar-refractivity contribution in [3.63, 3.8) is 0 Å². The number of benzene rings is 2. The summed E-state index contributed by atoms with van der Waals surface area (Å²) in [4.78, 5) is 0. The Labute approximate surface area is 347 Å². The van der Waals surface area contributed by atoms with Crippen molar-refractivity contribution in [2.45, 2.75) is 216 Å². The molecule has 0 atom stereocenters. The maximum atomic E-state index is 12.7. The van der Waals surface area contributed by atoms with Crippen molar-refractivity contribution in [1.29, 1.82) is 0 Å². The molecule has 0 bridgehead atoms. The zero-order valence-corrected chi connectivity index (χ0v) is 38.2. The maximum Gasteiger partial charge on any atom is 2.00 e. The van der Waals surface area contributed by atoms with Crippen LogP contribution in [0.2, 0.25) is 0 Å². The van der Waals surface area contributed by atoms with Crippen LogP contribution in [-0.2, 0) is 55.0 Å². The standard InChI is InChI=1S/C49H78N2.2CH3.Ni/c1-9-17-22-23-24-25-33-47-46(32-21-13-5)48(42-34-38(26-14-6)44(28-16-8)39(35-42)27-15-7)51(50)49(47)43-36-40(29-18-10-2)45(31-20-12-4)41(37-43)30-19-11-3;;;/h34-37H,9-33H2,1-8H3;2*1H3;/q;2*-1;+2. The molecular weight excluding hydrogens is 699 g/mol. The minimum atomic E-state index is 0. The Kier molecular flexibility index (Phi) is 28.2. The van der Waals surface area contributed by atoms with Gasteiger partial charge in [-0.25, -0.2) is 4.70 Å². The van der Waals surface area contributed by atoms with E-state index in [0.29, 0.717) is 0 Å². The van der Waals surface area contributed by atoms with Gasteiger partial charge in [-0.05, 0) is 141 Å². The molecule has 0 aromatic heterocycles. The molecule has 0 aliphatic carbocycles. The largest absolute Gasteiger partial charge is 2.00 e. The van der Waals surface area contributed by atoms with Crippen LogP contribution < -0.4 is 0 Å². The molecule has 0 amide bonds. The summed E-state index contributed by atoms with van der Waals surface area (Å²) in [6.07, 6.45) is 29.7. The average Bonchev–Trinajstić information content (AvgIpc) is 3.41. The molecule has 3 heteroatoms. The smallest absolute Gasteiger partial charge is 0.493 e. The molecular formula is C51H84N2Ni.